The molecule has 0 saturated carbocycles. The fourth-order valence-electron chi connectivity index (χ4n) is 4.31. The highest BCUT2D eigenvalue weighted by Gasteiger charge is 2.18. The van der Waals surface area contributed by atoms with Crippen molar-refractivity contribution in [3.05, 3.63) is 95.5 Å². The van der Waals surface area contributed by atoms with Crippen LogP contribution in [0.2, 0.25) is 0 Å². The van der Waals surface area contributed by atoms with E-state index in [4.69, 9.17) is 4.42 Å². The highest BCUT2D eigenvalue weighted by Crippen LogP contribution is 2.45. The Morgan fingerprint density at radius 1 is 0.500 bits per heavy atom. The zero-order valence-electron chi connectivity index (χ0n) is 14.9. The number of benzene rings is 5. The third kappa shape index (κ3) is 2.12. The quantitative estimate of drug-likeness (QED) is 0.242. The van der Waals surface area contributed by atoms with E-state index < -0.39 is 0 Å². The molecule has 0 radical (unpaired) electrons. The van der Waals surface area contributed by atoms with Crippen LogP contribution in [0.4, 0.5) is 0 Å². The topological polar surface area (TPSA) is 13.1 Å². The van der Waals surface area contributed by atoms with E-state index in [1.165, 1.54) is 27.1 Å². The highest BCUT2D eigenvalue weighted by molar-refractivity contribution is 9.10. The summed E-state index contributed by atoms with van der Waals surface area (Å²) >= 11 is 3.93. The van der Waals surface area contributed by atoms with Crippen molar-refractivity contribution < 1.29 is 4.42 Å². The number of halogens is 1. The molecule has 0 atom stereocenters. The van der Waals surface area contributed by atoms with Gasteiger partial charge in [-0.2, -0.15) is 0 Å². The van der Waals surface area contributed by atoms with Gasteiger partial charge in [0.25, 0.3) is 0 Å². The van der Waals surface area contributed by atoms with Crippen LogP contribution in [0.15, 0.2) is 99.9 Å². The van der Waals surface area contributed by atoms with Crippen molar-refractivity contribution in [2.45, 2.75) is 0 Å². The Hall–Kier alpha value is -3.10. The Morgan fingerprint density at radius 3 is 1.86 bits per heavy atom. The first kappa shape index (κ1) is 15.9. The molecule has 0 saturated heterocycles. The summed E-state index contributed by atoms with van der Waals surface area (Å²) in [5.74, 6) is 0. The molecular formula is C26H15BrO. The van der Waals surface area contributed by atoms with Gasteiger partial charge in [-0.25, -0.2) is 0 Å². The standard InChI is InChI=1S/C26H15BrO/c27-25-20-12-4-2-9-17(20)16-8-1-3-11-19(16)24(25)22-14-7-13-21-18-10-5-6-15-23(18)28-26(21)22/h1-15H. The van der Waals surface area contributed by atoms with E-state index in [1.54, 1.807) is 0 Å². The van der Waals surface area contributed by atoms with Crippen LogP contribution >= 0.6 is 15.9 Å². The molecule has 28 heavy (non-hydrogen) atoms. The lowest BCUT2D eigenvalue weighted by atomic mass is 9.92. The molecule has 6 aromatic rings. The molecule has 0 amide bonds. The number of para-hydroxylation sites is 2. The number of hydrogen-bond acceptors (Lipinski definition) is 1. The Bertz CT molecular complexity index is 1520. The van der Waals surface area contributed by atoms with Crippen molar-refractivity contribution in [2.24, 2.45) is 0 Å². The minimum absolute atomic E-state index is 0.922. The van der Waals surface area contributed by atoms with Gasteiger partial charge in [0.2, 0.25) is 0 Å². The summed E-state index contributed by atoms with van der Waals surface area (Å²) in [6, 6.07) is 31.8. The monoisotopic (exact) mass is 422 g/mol. The summed E-state index contributed by atoms with van der Waals surface area (Å²) in [5.41, 5.74) is 4.15. The highest BCUT2D eigenvalue weighted by atomic mass is 79.9. The Labute approximate surface area is 170 Å². The smallest absolute Gasteiger partial charge is 0.143 e. The van der Waals surface area contributed by atoms with Gasteiger partial charge in [0, 0.05) is 26.4 Å². The van der Waals surface area contributed by atoms with Gasteiger partial charge in [-0.1, -0.05) is 84.9 Å². The first-order chi connectivity index (χ1) is 13.8. The second-order valence-corrected chi connectivity index (χ2v) is 7.85. The molecule has 0 aliphatic rings. The second-order valence-electron chi connectivity index (χ2n) is 7.06. The van der Waals surface area contributed by atoms with E-state index in [-0.39, 0.29) is 0 Å². The average Bonchev–Trinajstić information content (AvgIpc) is 3.14. The third-order valence-electron chi connectivity index (χ3n) is 5.54. The predicted molar refractivity (Wildman–Crippen MR) is 122 cm³/mol. The van der Waals surface area contributed by atoms with Crippen molar-refractivity contribution in [1.82, 2.24) is 0 Å². The molecular weight excluding hydrogens is 408 g/mol. The Balaban J connectivity index is 1.84. The van der Waals surface area contributed by atoms with Gasteiger partial charge in [-0.3, -0.25) is 0 Å². The first-order valence-corrected chi connectivity index (χ1v) is 10.1. The average molecular weight is 423 g/mol. The van der Waals surface area contributed by atoms with Gasteiger partial charge in [0.15, 0.2) is 0 Å². The molecule has 6 rings (SSSR count). The van der Waals surface area contributed by atoms with E-state index in [9.17, 15) is 0 Å². The van der Waals surface area contributed by atoms with Crippen LogP contribution in [0.3, 0.4) is 0 Å². The first-order valence-electron chi connectivity index (χ1n) is 9.32. The number of hydrogen-bond donors (Lipinski definition) is 0. The van der Waals surface area contributed by atoms with Crippen molar-refractivity contribution in [3.63, 3.8) is 0 Å². The minimum Gasteiger partial charge on any atom is -0.455 e. The molecule has 0 fully saturated rings. The van der Waals surface area contributed by atoms with Crippen molar-refractivity contribution in [1.29, 1.82) is 0 Å². The maximum atomic E-state index is 6.33. The molecule has 5 aromatic carbocycles. The molecule has 0 bridgehead atoms. The summed E-state index contributed by atoms with van der Waals surface area (Å²) < 4.78 is 7.44. The van der Waals surface area contributed by atoms with Crippen LogP contribution in [-0.2, 0) is 0 Å². The fourth-order valence-corrected chi connectivity index (χ4v) is 5.08. The van der Waals surface area contributed by atoms with Crippen LogP contribution < -0.4 is 0 Å². The molecule has 2 heteroatoms. The van der Waals surface area contributed by atoms with E-state index in [0.29, 0.717) is 0 Å². The summed E-state index contributed by atoms with van der Waals surface area (Å²) in [4.78, 5) is 0. The van der Waals surface area contributed by atoms with Gasteiger partial charge in [0.1, 0.15) is 11.2 Å². The van der Waals surface area contributed by atoms with Crippen LogP contribution in [0.25, 0.3) is 54.6 Å². The zero-order chi connectivity index (χ0) is 18.7. The van der Waals surface area contributed by atoms with Gasteiger partial charge >= 0.3 is 0 Å². The van der Waals surface area contributed by atoms with Gasteiger partial charge in [-0.15, -0.1) is 0 Å². The lowest BCUT2D eigenvalue weighted by Gasteiger charge is -2.14. The molecule has 0 spiro atoms. The van der Waals surface area contributed by atoms with E-state index >= 15 is 0 Å². The van der Waals surface area contributed by atoms with Gasteiger partial charge in [-0.05, 0) is 43.5 Å². The number of fused-ring (bicyclic) bond motifs is 6. The molecule has 0 N–H and O–H groups in total. The Kier molecular flexibility index (Phi) is 3.38. The van der Waals surface area contributed by atoms with Crippen LogP contribution in [-0.4, -0.2) is 0 Å². The lowest BCUT2D eigenvalue weighted by Crippen LogP contribution is -1.88. The largest absolute Gasteiger partial charge is 0.455 e. The van der Waals surface area contributed by atoms with Crippen molar-refractivity contribution in [2.75, 3.05) is 0 Å². The summed E-state index contributed by atoms with van der Waals surface area (Å²) in [6.45, 7) is 0. The Morgan fingerprint density at radius 2 is 1.07 bits per heavy atom. The molecule has 0 aliphatic carbocycles. The molecule has 0 unspecified atom stereocenters. The minimum atomic E-state index is 0.922. The second kappa shape index (κ2) is 5.95. The molecule has 1 aromatic heterocycles. The molecule has 0 aliphatic heterocycles. The zero-order valence-corrected chi connectivity index (χ0v) is 16.5. The van der Waals surface area contributed by atoms with Crippen molar-refractivity contribution >= 4 is 59.4 Å². The van der Waals surface area contributed by atoms with Crippen LogP contribution in [0, 0.1) is 0 Å². The van der Waals surface area contributed by atoms with Gasteiger partial charge < -0.3 is 4.42 Å². The predicted octanol–water partition coefficient (Wildman–Crippen LogP) is 8.32. The number of rotatable bonds is 1. The maximum absolute atomic E-state index is 6.33. The molecule has 132 valence electrons. The SMILES string of the molecule is Brc1c(-c2cccc3c2oc2ccccc23)c2ccccc2c2ccccc12. The maximum Gasteiger partial charge on any atom is 0.143 e. The lowest BCUT2D eigenvalue weighted by molar-refractivity contribution is 0.670. The summed E-state index contributed by atoms with van der Waals surface area (Å²) in [7, 11) is 0. The molecule has 1 heterocycles. The van der Waals surface area contributed by atoms with Gasteiger partial charge in [0.05, 0.1) is 0 Å². The van der Waals surface area contributed by atoms with Crippen molar-refractivity contribution in [3.8, 4) is 11.1 Å². The normalized spacial score (nSPS) is 11.8. The van der Waals surface area contributed by atoms with Crippen LogP contribution in [0.5, 0.6) is 0 Å². The van der Waals surface area contributed by atoms with E-state index in [0.717, 1.165) is 32.0 Å². The summed E-state index contributed by atoms with van der Waals surface area (Å²) in [6.07, 6.45) is 0. The molecule has 1 nitrogen and oxygen atoms in total. The van der Waals surface area contributed by atoms with Crippen LogP contribution in [0.1, 0.15) is 0 Å². The fraction of sp³-hybridized carbons (Fsp3) is 0. The third-order valence-corrected chi connectivity index (χ3v) is 6.37. The number of furan rings is 1. The van der Waals surface area contributed by atoms with E-state index in [1.807, 2.05) is 12.1 Å². The van der Waals surface area contributed by atoms with E-state index in [2.05, 4.69) is 94.8 Å². The summed E-state index contributed by atoms with van der Waals surface area (Å²) in [5, 5.41) is 7.25.